The van der Waals surface area contributed by atoms with Crippen LogP contribution in [0.1, 0.15) is 37.2 Å². The van der Waals surface area contributed by atoms with Gasteiger partial charge in [0.2, 0.25) is 0 Å². The molecule has 2 N–H and O–H groups in total. The molecule has 2 heterocycles. The van der Waals surface area contributed by atoms with E-state index in [1.165, 1.54) is 5.69 Å². The third kappa shape index (κ3) is 6.20. The Bertz CT molecular complexity index is 770. The van der Waals surface area contributed by atoms with Crippen molar-refractivity contribution >= 4 is 0 Å². The number of rotatable bonds is 10. The van der Waals surface area contributed by atoms with E-state index in [0.29, 0.717) is 12.0 Å². The molecule has 0 bridgehead atoms. The predicted molar refractivity (Wildman–Crippen MR) is 118 cm³/mol. The molecule has 166 valence electrons. The maximum atomic E-state index is 9.63. The molecule has 1 atom stereocenters. The van der Waals surface area contributed by atoms with Gasteiger partial charge >= 0.3 is 0 Å². The van der Waals surface area contributed by atoms with Crippen LogP contribution in [0, 0.1) is 5.92 Å². The van der Waals surface area contributed by atoms with Crippen molar-refractivity contribution in [1.29, 1.82) is 0 Å². The maximum Gasteiger partial charge on any atom is 0.122 e. The van der Waals surface area contributed by atoms with E-state index in [-0.39, 0.29) is 6.61 Å². The largest absolute Gasteiger partial charge is 0.497 e. The average molecular weight is 417 g/mol. The van der Waals surface area contributed by atoms with Crippen LogP contribution in [-0.2, 0) is 19.5 Å². The van der Waals surface area contributed by atoms with Crippen molar-refractivity contribution in [2.75, 3.05) is 40.5 Å². The molecule has 7 nitrogen and oxygen atoms in total. The summed E-state index contributed by atoms with van der Waals surface area (Å²) in [5.74, 6) is 2.21. The molecule has 1 saturated heterocycles. The first-order valence-electron chi connectivity index (χ1n) is 10.8. The van der Waals surface area contributed by atoms with E-state index in [0.717, 1.165) is 68.3 Å². The molecule has 0 saturated carbocycles. The van der Waals surface area contributed by atoms with Gasteiger partial charge in [-0.1, -0.05) is 13.8 Å². The van der Waals surface area contributed by atoms with Crippen LogP contribution in [-0.4, -0.2) is 71.6 Å². The third-order valence-corrected chi connectivity index (χ3v) is 5.64. The minimum atomic E-state index is 0.193. The minimum Gasteiger partial charge on any atom is -0.497 e. The van der Waals surface area contributed by atoms with Gasteiger partial charge in [0.1, 0.15) is 11.5 Å². The van der Waals surface area contributed by atoms with E-state index in [4.69, 9.17) is 9.47 Å². The Kier molecular flexibility index (Phi) is 8.13. The number of benzene rings is 1. The van der Waals surface area contributed by atoms with Gasteiger partial charge in [-0.15, -0.1) is 0 Å². The highest BCUT2D eigenvalue weighted by molar-refractivity contribution is 5.38. The van der Waals surface area contributed by atoms with E-state index in [2.05, 4.69) is 52.0 Å². The number of ether oxygens (including phenoxy) is 2. The molecule has 0 radical (unpaired) electrons. The molecule has 30 heavy (non-hydrogen) atoms. The van der Waals surface area contributed by atoms with Crippen LogP contribution in [0.2, 0.25) is 0 Å². The van der Waals surface area contributed by atoms with Crippen molar-refractivity contribution in [3.8, 4) is 11.5 Å². The van der Waals surface area contributed by atoms with Crippen molar-refractivity contribution in [3.63, 3.8) is 0 Å². The molecular weight excluding hydrogens is 380 g/mol. The lowest BCUT2D eigenvalue weighted by Crippen LogP contribution is -2.52. The molecule has 0 amide bonds. The molecule has 7 heteroatoms. The SMILES string of the molecule is COc1cc(CN2CCN(Cc3cc(CC(C)C)n[nH]3)CC2CCO)cc(OC)c1. The number of methoxy groups -OCH3 is 2. The highest BCUT2D eigenvalue weighted by atomic mass is 16.5. The van der Waals surface area contributed by atoms with E-state index in [1.807, 2.05) is 6.07 Å². The Morgan fingerprint density at radius 2 is 1.83 bits per heavy atom. The third-order valence-electron chi connectivity index (χ3n) is 5.64. The summed E-state index contributed by atoms with van der Waals surface area (Å²) in [4.78, 5) is 4.91. The van der Waals surface area contributed by atoms with Crippen molar-refractivity contribution in [2.24, 2.45) is 5.92 Å². The van der Waals surface area contributed by atoms with Crippen LogP contribution in [0.5, 0.6) is 11.5 Å². The predicted octanol–water partition coefficient (Wildman–Crippen LogP) is 2.69. The first kappa shape index (κ1) is 22.6. The van der Waals surface area contributed by atoms with Gasteiger partial charge in [0.25, 0.3) is 0 Å². The van der Waals surface area contributed by atoms with Gasteiger partial charge in [0.05, 0.1) is 19.9 Å². The summed E-state index contributed by atoms with van der Waals surface area (Å²) >= 11 is 0. The molecule has 1 aromatic carbocycles. The molecule has 1 aliphatic heterocycles. The first-order valence-corrected chi connectivity index (χ1v) is 10.8. The van der Waals surface area contributed by atoms with E-state index in [9.17, 15) is 5.11 Å². The Labute approximate surface area is 180 Å². The summed E-state index contributed by atoms with van der Waals surface area (Å²) in [7, 11) is 3.35. The second-order valence-corrected chi connectivity index (χ2v) is 8.58. The molecule has 0 spiro atoms. The van der Waals surface area contributed by atoms with E-state index in [1.54, 1.807) is 14.2 Å². The van der Waals surface area contributed by atoms with Crippen molar-refractivity contribution in [2.45, 2.75) is 45.8 Å². The van der Waals surface area contributed by atoms with E-state index >= 15 is 0 Å². The zero-order chi connectivity index (χ0) is 21.5. The minimum absolute atomic E-state index is 0.193. The van der Waals surface area contributed by atoms with Gasteiger partial charge in [-0.25, -0.2) is 0 Å². The number of aliphatic hydroxyl groups is 1. The van der Waals surface area contributed by atoms with E-state index < -0.39 is 0 Å². The summed E-state index contributed by atoms with van der Waals surface area (Å²) in [6.07, 6.45) is 1.76. The number of aromatic nitrogens is 2. The molecule has 1 unspecified atom stereocenters. The Morgan fingerprint density at radius 1 is 1.10 bits per heavy atom. The second-order valence-electron chi connectivity index (χ2n) is 8.58. The monoisotopic (exact) mass is 416 g/mol. The number of hydrogen-bond donors (Lipinski definition) is 2. The molecule has 3 rings (SSSR count). The summed E-state index contributed by atoms with van der Waals surface area (Å²) in [6.45, 7) is 9.18. The second kappa shape index (κ2) is 10.8. The summed E-state index contributed by atoms with van der Waals surface area (Å²) in [5.41, 5.74) is 3.46. The molecule has 0 aliphatic carbocycles. The van der Waals surface area contributed by atoms with Gasteiger partial charge in [-0.3, -0.25) is 14.9 Å². The molecule has 2 aromatic rings. The highest BCUT2D eigenvalue weighted by Crippen LogP contribution is 2.25. The lowest BCUT2D eigenvalue weighted by Gasteiger charge is -2.41. The highest BCUT2D eigenvalue weighted by Gasteiger charge is 2.27. The van der Waals surface area contributed by atoms with Crippen LogP contribution < -0.4 is 9.47 Å². The quantitative estimate of drug-likeness (QED) is 0.620. The lowest BCUT2D eigenvalue weighted by molar-refractivity contribution is 0.0493. The van der Waals surface area contributed by atoms with Crippen LogP contribution in [0.4, 0.5) is 0 Å². The fourth-order valence-electron chi connectivity index (χ4n) is 4.18. The summed E-state index contributed by atoms with van der Waals surface area (Å²) < 4.78 is 10.8. The van der Waals surface area contributed by atoms with Crippen LogP contribution in [0.15, 0.2) is 24.3 Å². The number of aromatic amines is 1. The Hall–Kier alpha value is -2.09. The number of H-pyrrole nitrogens is 1. The topological polar surface area (TPSA) is 73.9 Å². The molecule has 1 aliphatic rings. The van der Waals surface area contributed by atoms with Crippen molar-refractivity contribution < 1.29 is 14.6 Å². The summed E-state index contributed by atoms with van der Waals surface area (Å²) in [6, 6.07) is 8.51. The zero-order valence-electron chi connectivity index (χ0n) is 18.7. The normalized spacial score (nSPS) is 18.1. The number of piperazine rings is 1. The Morgan fingerprint density at radius 3 is 2.47 bits per heavy atom. The smallest absolute Gasteiger partial charge is 0.122 e. The molecular formula is C23H36N4O3. The van der Waals surface area contributed by atoms with Gasteiger partial charge in [0.15, 0.2) is 0 Å². The van der Waals surface area contributed by atoms with Gasteiger partial charge < -0.3 is 14.6 Å². The zero-order valence-corrected chi connectivity index (χ0v) is 18.7. The average Bonchev–Trinajstić information content (AvgIpc) is 3.15. The lowest BCUT2D eigenvalue weighted by atomic mass is 10.1. The maximum absolute atomic E-state index is 9.63. The van der Waals surface area contributed by atoms with Crippen LogP contribution in [0.3, 0.4) is 0 Å². The molecule has 1 fully saturated rings. The fraction of sp³-hybridized carbons (Fsp3) is 0.609. The Balaban J connectivity index is 1.63. The van der Waals surface area contributed by atoms with Gasteiger partial charge in [-0.05, 0) is 42.5 Å². The van der Waals surface area contributed by atoms with Crippen molar-refractivity contribution in [1.82, 2.24) is 20.0 Å². The number of aliphatic hydroxyl groups excluding tert-OH is 1. The molecule has 1 aromatic heterocycles. The van der Waals surface area contributed by atoms with Gasteiger partial charge in [0, 0.05) is 57.1 Å². The fourth-order valence-corrected chi connectivity index (χ4v) is 4.18. The number of hydrogen-bond acceptors (Lipinski definition) is 6. The van der Waals surface area contributed by atoms with Crippen LogP contribution in [0.25, 0.3) is 0 Å². The standard InChI is InChI=1S/C23H36N4O3/c1-17(2)9-19-12-20(25-24-19)15-26-6-7-27(21(16-26)5-8-28)14-18-10-22(29-3)13-23(11-18)30-4/h10-13,17,21,28H,5-9,14-16H2,1-4H3,(H,24,25). The van der Waals surface area contributed by atoms with Crippen LogP contribution >= 0.6 is 0 Å². The first-order chi connectivity index (χ1) is 14.5. The number of nitrogens with zero attached hydrogens (tertiary/aromatic N) is 3. The summed E-state index contributed by atoms with van der Waals surface area (Å²) in [5, 5.41) is 17.3. The van der Waals surface area contributed by atoms with Crippen molar-refractivity contribution in [3.05, 3.63) is 41.2 Å². The van der Waals surface area contributed by atoms with Gasteiger partial charge in [-0.2, -0.15) is 5.10 Å². The number of nitrogens with one attached hydrogen (secondary N) is 1.